The molecule has 0 aromatic heterocycles. The van der Waals surface area contributed by atoms with E-state index in [2.05, 4.69) is 4.90 Å². The summed E-state index contributed by atoms with van der Waals surface area (Å²) in [6, 6.07) is 0. The van der Waals surface area contributed by atoms with Gasteiger partial charge in [0.05, 0.1) is 19.6 Å². The monoisotopic (exact) mass is 201 g/mol. The molecule has 0 aromatic carbocycles. The Kier molecular flexibility index (Phi) is 5.56. The van der Waals surface area contributed by atoms with E-state index in [0.29, 0.717) is 13.0 Å². The van der Waals surface area contributed by atoms with Crippen molar-refractivity contribution in [3.05, 3.63) is 0 Å². The molecular formula is C10H19NO3. The second kappa shape index (κ2) is 6.79. The summed E-state index contributed by atoms with van der Waals surface area (Å²) >= 11 is 0. The van der Waals surface area contributed by atoms with Crippen LogP contribution in [0.2, 0.25) is 0 Å². The van der Waals surface area contributed by atoms with Crippen LogP contribution in [-0.2, 0) is 14.3 Å². The summed E-state index contributed by atoms with van der Waals surface area (Å²) in [6.07, 6.45) is 1.55. The van der Waals surface area contributed by atoms with E-state index in [1.807, 2.05) is 6.92 Å². The van der Waals surface area contributed by atoms with Crippen molar-refractivity contribution in [3.8, 4) is 0 Å². The van der Waals surface area contributed by atoms with Crippen LogP contribution >= 0.6 is 0 Å². The lowest BCUT2D eigenvalue weighted by atomic mass is 10.3. The van der Waals surface area contributed by atoms with Gasteiger partial charge in [-0.1, -0.05) is 0 Å². The Hall–Kier alpha value is -0.610. The van der Waals surface area contributed by atoms with Gasteiger partial charge in [0.2, 0.25) is 0 Å². The molecule has 0 amide bonds. The van der Waals surface area contributed by atoms with Crippen LogP contribution in [-0.4, -0.2) is 50.3 Å². The van der Waals surface area contributed by atoms with Crippen molar-refractivity contribution in [2.45, 2.75) is 19.8 Å². The molecule has 1 fully saturated rings. The standard InChI is InChI=1S/C10H19NO3/c1-2-14-10(12)4-6-11-5-3-8-13-9-7-11/h2-9H2,1H3. The summed E-state index contributed by atoms with van der Waals surface area (Å²) in [5, 5.41) is 0. The Morgan fingerprint density at radius 3 is 3.07 bits per heavy atom. The van der Waals surface area contributed by atoms with E-state index < -0.39 is 0 Å². The molecule has 0 unspecified atom stereocenters. The molecule has 0 spiro atoms. The van der Waals surface area contributed by atoms with Gasteiger partial charge in [0.1, 0.15) is 0 Å². The van der Waals surface area contributed by atoms with Gasteiger partial charge in [0, 0.05) is 26.2 Å². The van der Waals surface area contributed by atoms with E-state index in [4.69, 9.17) is 9.47 Å². The molecule has 0 aromatic rings. The molecule has 0 bridgehead atoms. The lowest BCUT2D eigenvalue weighted by Gasteiger charge is -2.17. The van der Waals surface area contributed by atoms with Crippen LogP contribution in [0.4, 0.5) is 0 Å². The van der Waals surface area contributed by atoms with Crippen LogP contribution < -0.4 is 0 Å². The first kappa shape index (κ1) is 11.5. The van der Waals surface area contributed by atoms with Crippen molar-refractivity contribution in [1.29, 1.82) is 0 Å². The largest absolute Gasteiger partial charge is 0.466 e. The fourth-order valence-electron chi connectivity index (χ4n) is 1.50. The van der Waals surface area contributed by atoms with Crippen LogP contribution in [0, 0.1) is 0 Å². The van der Waals surface area contributed by atoms with Crippen molar-refractivity contribution < 1.29 is 14.3 Å². The topological polar surface area (TPSA) is 38.8 Å². The zero-order chi connectivity index (χ0) is 10.2. The number of carbonyl (C=O) groups is 1. The van der Waals surface area contributed by atoms with E-state index in [1.54, 1.807) is 0 Å². The van der Waals surface area contributed by atoms with E-state index in [-0.39, 0.29) is 5.97 Å². The molecule has 82 valence electrons. The number of nitrogens with zero attached hydrogens (tertiary/aromatic N) is 1. The van der Waals surface area contributed by atoms with Gasteiger partial charge in [0.15, 0.2) is 0 Å². The molecule has 4 nitrogen and oxygen atoms in total. The van der Waals surface area contributed by atoms with Crippen LogP contribution in [0.5, 0.6) is 0 Å². The zero-order valence-corrected chi connectivity index (χ0v) is 8.83. The number of hydrogen-bond acceptors (Lipinski definition) is 4. The highest BCUT2D eigenvalue weighted by Crippen LogP contribution is 2.00. The van der Waals surface area contributed by atoms with Crippen molar-refractivity contribution in [3.63, 3.8) is 0 Å². The van der Waals surface area contributed by atoms with E-state index in [0.717, 1.165) is 39.3 Å². The van der Waals surface area contributed by atoms with Crippen LogP contribution in [0.3, 0.4) is 0 Å². The highest BCUT2D eigenvalue weighted by Gasteiger charge is 2.10. The fraction of sp³-hybridized carbons (Fsp3) is 0.900. The predicted octanol–water partition coefficient (Wildman–Crippen LogP) is 0.662. The Bertz CT molecular complexity index is 165. The predicted molar refractivity (Wildman–Crippen MR) is 53.1 cm³/mol. The van der Waals surface area contributed by atoms with Crippen molar-refractivity contribution in [1.82, 2.24) is 4.90 Å². The Morgan fingerprint density at radius 2 is 2.29 bits per heavy atom. The molecule has 1 aliphatic heterocycles. The first-order chi connectivity index (χ1) is 6.83. The van der Waals surface area contributed by atoms with Gasteiger partial charge in [-0.15, -0.1) is 0 Å². The summed E-state index contributed by atoms with van der Waals surface area (Å²) in [7, 11) is 0. The molecule has 0 atom stereocenters. The number of esters is 1. The second-order valence-corrected chi connectivity index (χ2v) is 3.36. The summed E-state index contributed by atoms with van der Waals surface area (Å²) in [5.74, 6) is -0.0994. The minimum Gasteiger partial charge on any atom is -0.466 e. The molecular weight excluding hydrogens is 182 g/mol. The molecule has 0 aliphatic carbocycles. The van der Waals surface area contributed by atoms with Crippen LogP contribution in [0.25, 0.3) is 0 Å². The van der Waals surface area contributed by atoms with Gasteiger partial charge in [-0.25, -0.2) is 0 Å². The molecule has 1 saturated heterocycles. The third-order valence-corrected chi connectivity index (χ3v) is 2.25. The minimum absolute atomic E-state index is 0.0994. The van der Waals surface area contributed by atoms with E-state index in [1.165, 1.54) is 0 Å². The first-order valence-electron chi connectivity index (χ1n) is 5.28. The third kappa shape index (κ3) is 4.58. The normalized spacial score (nSPS) is 18.9. The van der Waals surface area contributed by atoms with Crippen molar-refractivity contribution >= 4 is 5.97 Å². The molecule has 0 radical (unpaired) electrons. The quantitative estimate of drug-likeness (QED) is 0.626. The van der Waals surface area contributed by atoms with E-state index >= 15 is 0 Å². The maximum Gasteiger partial charge on any atom is 0.307 e. The summed E-state index contributed by atoms with van der Waals surface area (Å²) in [5.41, 5.74) is 0. The average molecular weight is 201 g/mol. The highest BCUT2D eigenvalue weighted by molar-refractivity contribution is 5.69. The lowest BCUT2D eigenvalue weighted by Crippen LogP contribution is -2.29. The smallest absolute Gasteiger partial charge is 0.307 e. The second-order valence-electron chi connectivity index (χ2n) is 3.36. The average Bonchev–Trinajstić information content (AvgIpc) is 2.43. The third-order valence-electron chi connectivity index (χ3n) is 2.25. The van der Waals surface area contributed by atoms with Gasteiger partial charge >= 0.3 is 5.97 Å². The van der Waals surface area contributed by atoms with Gasteiger partial charge in [-0.05, 0) is 13.3 Å². The first-order valence-corrected chi connectivity index (χ1v) is 5.28. The fourth-order valence-corrected chi connectivity index (χ4v) is 1.50. The van der Waals surface area contributed by atoms with E-state index in [9.17, 15) is 4.79 Å². The van der Waals surface area contributed by atoms with Gasteiger partial charge < -0.3 is 14.4 Å². The summed E-state index contributed by atoms with van der Waals surface area (Å²) in [6.45, 7) is 6.68. The van der Waals surface area contributed by atoms with Crippen molar-refractivity contribution in [2.24, 2.45) is 0 Å². The molecule has 1 aliphatic rings. The molecule has 14 heavy (non-hydrogen) atoms. The maximum atomic E-state index is 11.1. The summed E-state index contributed by atoms with van der Waals surface area (Å²) in [4.78, 5) is 13.3. The minimum atomic E-state index is -0.0994. The molecule has 1 heterocycles. The Labute approximate surface area is 85.2 Å². The Balaban J connectivity index is 2.12. The molecule has 0 N–H and O–H groups in total. The Morgan fingerprint density at radius 1 is 1.43 bits per heavy atom. The van der Waals surface area contributed by atoms with Gasteiger partial charge in [-0.2, -0.15) is 0 Å². The van der Waals surface area contributed by atoms with Crippen molar-refractivity contribution in [2.75, 3.05) is 39.5 Å². The van der Waals surface area contributed by atoms with Gasteiger partial charge in [0.25, 0.3) is 0 Å². The molecule has 0 saturated carbocycles. The number of hydrogen-bond donors (Lipinski definition) is 0. The maximum absolute atomic E-state index is 11.1. The number of rotatable bonds is 4. The lowest BCUT2D eigenvalue weighted by molar-refractivity contribution is -0.143. The molecule has 1 rings (SSSR count). The summed E-state index contributed by atoms with van der Waals surface area (Å²) < 4.78 is 10.2. The highest BCUT2D eigenvalue weighted by atomic mass is 16.5. The van der Waals surface area contributed by atoms with Gasteiger partial charge in [-0.3, -0.25) is 4.79 Å². The number of carbonyl (C=O) groups excluding carboxylic acids is 1. The SMILES string of the molecule is CCOC(=O)CCN1CCCOCC1. The number of ether oxygens (including phenoxy) is 2. The van der Waals surface area contributed by atoms with Crippen LogP contribution in [0.15, 0.2) is 0 Å². The van der Waals surface area contributed by atoms with Crippen LogP contribution in [0.1, 0.15) is 19.8 Å². The molecule has 4 heteroatoms. The zero-order valence-electron chi connectivity index (χ0n) is 8.83.